The minimum atomic E-state index is -1.03. The summed E-state index contributed by atoms with van der Waals surface area (Å²) in [5.74, 6) is -1.06. The van der Waals surface area contributed by atoms with Crippen molar-refractivity contribution in [3.8, 4) is 0 Å². The van der Waals surface area contributed by atoms with E-state index in [1.54, 1.807) is 24.4 Å². The van der Waals surface area contributed by atoms with Crippen molar-refractivity contribution in [3.63, 3.8) is 0 Å². The highest BCUT2D eigenvalue weighted by Gasteiger charge is 2.32. The minimum Gasteiger partial charge on any atom is -0.478 e. The van der Waals surface area contributed by atoms with E-state index in [1.165, 1.54) is 22.7 Å². The van der Waals surface area contributed by atoms with Gasteiger partial charge in [-0.25, -0.2) is 9.78 Å². The van der Waals surface area contributed by atoms with Crippen LogP contribution in [0.2, 0.25) is 0 Å². The van der Waals surface area contributed by atoms with Crippen LogP contribution in [0.25, 0.3) is 10.8 Å². The van der Waals surface area contributed by atoms with E-state index in [2.05, 4.69) is 4.98 Å². The second-order valence-corrected chi connectivity index (χ2v) is 7.42. The topological polar surface area (TPSA) is 87.6 Å². The van der Waals surface area contributed by atoms with Gasteiger partial charge in [0.15, 0.2) is 0 Å². The third kappa shape index (κ3) is 3.14. The van der Waals surface area contributed by atoms with Gasteiger partial charge in [-0.3, -0.25) is 14.5 Å². The Bertz CT molecular complexity index is 1060. The molecule has 6 nitrogen and oxygen atoms in total. The monoisotopic (exact) mass is 392 g/mol. The Kier molecular flexibility index (Phi) is 4.83. The average Bonchev–Trinajstić information content (AvgIpc) is 2.71. The van der Waals surface area contributed by atoms with E-state index >= 15 is 0 Å². The first-order valence-electron chi connectivity index (χ1n) is 8.77. The maximum atomic E-state index is 12.8. The fourth-order valence-corrected chi connectivity index (χ4v) is 4.26. The fraction of sp³-hybridized carbons (Fsp3) is 0.143. The van der Waals surface area contributed by atoms with Crippen LogP contribution in [0.3, 0.4) is 0 Å². The predicted octanol–water partition coefficient (Wildman–Crippen LogP) is 3.71. The number of imide groups is 1. The average molecular weight is 392 g/mol. The SMILES string of the molecule is O=C(O)c1cccnc1SCCCN1C(=O)c2cccc3cccc(c23)C1=O. The molecule has 0 saturated heterocycles. The number of nitrogens with zero attached hydrogens (tertiary/aromatic N) is 2. The van der Waals surface area contributed by atoms with Crippen LogP contribution in [-0.4, -0.2) is 45.1 Å². The van der Waals surface area contributed by atoms with Gasteiger partial charge in [0.25, 0.3) is 11.8 Å². The number of carbonyl (C=O) groups is 3. The molecular formula is C21H16N2O4S. The van der Waals surface area contributed by atoms with E-state index < -0.39 is 5.97 Å². The molecule has 3 aromatic rings. The number of hydrogen-bond donors (Lipinski definition) is 1. The Balaban J connectivity index is 1.47. The molecule has 0 fully saturated rings. The number of carbonyl (C=O) groups excluding carboxylic acids is 2. The van der Waals surface area contributed by atoms with Gasteiger partial charge in [-0.1, -0.05) is 24.3 Å². The molecule has 140 valence electrons. The summed E-state index contributed by atoms with van der Waals surface area (Å²) in [5, 5.41) is 11.2. The third-order valence-corrected chi connectivity index (χ3v) is 5.71. The predicted molar refractivity (Wildman–Crippen MR) is 106 cm³/mol. The van der Waals surface area contributed by atoms with Gasteiger partial charge in [0.05, 0.1) is 5.56 Å². The van der Waals surface area contributed by atoms with E-state index in [9.17, 15) is 19.5 Å². The van der Waals surface area contributed by atoms with Crippen LogP contribution in [0.5, 0.6) is 0 Å². The van der Waals surface area contributed by atoms with Crippen molar-refractivity contribution >= 4 is 40.3 Å². The van der Waals surface area contributed by atoms with Crippen molar-refractivity contribution in [3.05, 3.63) is 71.4 Å². The van der Waals surface area contributed by atoms with Crippen molar-refractivity contribution in [2.75, 3.05) is 12.3 Å². The number of aromatic nitrogens is 1. The van der Waals surface area contributed by atoms with E-state index in [-0.39, 0.29) is 23.9 Å². The number of amides is 2. The number of pyridine rings is 1. The van der Waals surface area contributed by atoms with Gasteiger partial charge in [0.2, 0.25) is 0 Å². The van der Waals surface area contributed by atoms with E-state index in [1.807, 2.05) is 24.3 Å². The zero-order valence-electron chi connectivity index (χ0n) is 14.8. The van der Waals surface area contributed by atoms with Crippen molar-refractivity contribution < 1.29 is 19.5 Å². The van der Waals surface area contributed by atoms with Crippen molar-refractivity contribution in [1.82, 2.24) is 9.88 Å². The molecule has 1 aromatic heterocycles. The first-order chi connectivity index (χ1) is 13.6. The number of carboxylic acids is 1. The Morgan fingerprint density at radius 1 is 1.00 bits per heavy atom. The van der Waals surface area contributed by atoms with Gasteiger partial charge in [-0.2, -0.15) is 0 Å². The van der Waals surface area contributed by atoms with Crippen molar-refractivity contribution in [1.29, 1.82) is 0 Å². The van der Waals surface area contributed by atoms with E-state index in [0.717, 1.165) is 5.39 Å². The maximum Gasteiger partial charge on any atom is 0.338 e. The van der Waals surface area contributed by atoms with Crippen LogP contribution < -0.4 is 0 Å². The summed E-state index contributed by atoms with van der Waals surface area (Å²) in [6, 6.07) is 14.0. The standard InChI is InChI=1S/C21H16N2O4S/c24-19-14-7-1-5-13-6-2-8-15(17(13)14)20(25)23(19)11-4-12-28-18-16(21(26)27)9-3-10-22-18/h1-3,5-10H,4,11-12H2,(H,26,27). The molecule has 0 aliphatic carbocycles. The molecule has 2 amide bonds. The lowest BCUT2D eigenvalue weighted by molar-refractivity contribution is 0.0609. The van der Waals surface area contributed by atoms with Gasteiger partial charge >= 0.3 is 5.97 Å². The number of thioether (sulfide) groups is 1. The number of hydrogen-bond acceptors (Lipinski definition) is 5. The van der Waals surface area contributed by atoms with Crippen molar-refractivity contribution in [2.45, 2.75) is 11.4 Å². The summed E-state index contributed by atoms with van der Waals surface area (Å²) < 4.78 is 0. The molecule has 1 aliphatic heterocycles. The second kappa shape index (κ2) is 7.44. The first kappa shape index (κ1) is 18.2. The van der Waals surface area contributed by atoms with Gasteiger partial charge in [0.1, 0.15) is 5.03 Å². The van der Waals surface area contributed by atoms with Crippen LogP contribution >= 0.6 is 11.8 Å². The zero-order chi connectivity index (χ0) is 19.7. The molecule has 1 aliphatic rings. The van der Waals surface area contributed by atoms with Crippen LogP contribution in [0.1, 0.15) is 37.5 Å². The smallest absolute Gasteiger partial charge is 0.338 e. The highest BCUT2D eigenvalue weighted by atomic mass is 32.2. The molecule has 0 radical (unpaired) electrons. The van der Waals surface area contributed by atoms with Crippen LogP contribution in [0, 0.1) is 0 Å². The molecule has 4 rings (SSSR count). The van der Waals surface area contributed by atoms with Crippen LogP contribution in [0.15, 0.2) is 59.8 Å². The first-order valence-corrected chi connectivity index (χ1v) is 9.75. The highest BCUT2D eigenvalue weighted by molar-refractivity contribution is 7.99. The largest absolute Gasteiger partial charge is 0.478 e. The van der Waals surface area contributed by atoms with Crippen LogP contribution in [-0.2, 0) is 0 Å². The summed E-state index contributed by atoms with van der Waals surface area (Å²) in [6.07, 6.45) is 2.08. The van der Waals surface area contributed by atoms with Gasteiger partial charge in [-0.05, 0) is 36.1 Å². The zero-order valence-corrected chi connectivity index (χ0v) is 15.6. The number of benzene rings is 2. The maximum absolute atomic E-state index is 12.8. The Morgan fingerprint density at radius 2 is 1.68 bits per heavy atom. The normalized spacial score (nSPS) is 13.2. The Hall–Kier alpha value is -3.19. The summed E-state index contributed by atoms with van der Waals surface area (Å²) in [4.78, 5) is 42.3. The minimum absolute atomic E-state index is 0.151. The molecule has 2 heterocycles. The molecular weight excluding hydrogens is 376 g/mol. The molecule has 0 bridgehead atoms. The summed E-state index contributed by atoms with van der Waals surface area (Å²) in [6.45, 7) is 0.268. The van der Waals surface area contributed by atoms with Gasteiger partial charge < -0.3 is 5.11 Å². The highest BCUT2D eigenvalue weighted by Crippen LogP contribution is 2.30. The van der Waals surface area contributed by atoms with Crippen LogP contribution in [0.4, 0.5) is 0 Å². The van der Waals surface area contributed by atoms with Crippen molar-refractivity contribution in [2.24, 2.45) is 0 Å². The van der Waals surface area contributed by atoms with E-state index in [0.29, 0.717) is 33.7 Å². The molecule has 0 saturated carbocycles. The second-order valence-electron chi connectivity index (χ2n) is 6.33. The summed E-state index contributed by atoms with van der Waals surface area (Å²) in [7, 11) is 0. The summed E-state index contributed by atoms with van der Waals surface area (Å²) in [5.41, 5.74) is 1.23. The molecule has 0 atom stereocenters. The molecule has 0 spiro atoms. The quantitative estimate of drug-likeness (QED) is 0.391. The molecule has 0 unspecified atom stereocenters. The lowest BCUT2D eigenvalue weighted by Gasteiger charge is -2.27. The molecule has 2 aromatic carbocycles. The lowest BCUT2D eigenvalue weighted by Crippen LogP contribution is -2.41. The van der Waals surface area contributed by atoms with Gasteiger partial charge in [0, 0.05) is 35.0 Å². The summed E-state index contributed by atoms with van der Waals surface area (Å²) >= 11 is 1.31. The fourth-order valence-electron chi connectivity index (χ4n) is 3.34. The van der Waals surface area contributed by atoms with Gasteiger partial charge in [-0.15, -0.1) is 11.8 Å². The lowest BCUT2D eigenvalue weighted by atomic mass is 9.94. The molecule has 28 heavy (non-hydrogen) atoms. The number of carboxylic acid groups (broad SMARTS) is 1. The van der Waals surface area contributed by atoms with E-state index in [4.69, 9.17) is 0 Å². The number of aromatic carboxylic acids is 1. The third-order valence-electron chi connectivity index (χ3n) is 4.62. The molecule has 1 N–H and O–H groups in total. The number of rotatable bonds is 6. The Labute approximate surface area is 165 Å². The Morgan fingerprint density at radius 3 is 2.32 bits per heavy atom. The molecule has 7 heteroatoms.